The number of hydrogen-bond donors (Lipinski definition) is 1. The maximum Gasteiger partial charge on any atom is 0.226 e. The Hall–Kier alpha value is -2.95. The molecule has 0 fully saturated rings. The van der Waals surface area contributed by atoms with Gasteiger partial charge in [-0.2, -0.15) is 4.98 Å². The van der Waals surface area contributed by atoms with Crippen molar-refractivity contribution < 1.29 is 9.32 Å². The number of nitrogens with one attached hydrogen (secondary N) is 1. The Morgan fingerprint density at radius 2 is 1.64 bits per heavy atom. The summed E-state index contributed by atoms with van der Waals surface area (Å²) in [6.07, 6.45) is 3.59. The molecule has 0 saturated heterocycles. The molecule has 5 nitrogen and oxygen atoms in total. The van der Waals surface area contributed by atoms with Gasteiger partial charge in [-0.25, -0.2) is 0 Å². The fourth-order valence-corrected chi connectivity index (χ4v) is 3.22. The van der Waals surface area contributed by atoms with Crippen molar-refractivity contribution >= 4 is 5.91 Å². The van der Waals surface area contributed by atoms with E-state index in [-0.39, 0.29) is 11.8 Å². The molecule has 1 N–H and O–H groups in total. The van der Waals surface area contributed by atoms with Gasteiger partial charge in [0.2, 0.25) is 11.8 Å². The molecular weight excluding hydrogens is 350 g/mol. The number of hydrogen-bond acceptors (Lipinski definition) is 4. The topological polar surface area (TPSA) is 68.0 Å². The second-order valence-electron chi connectivity index (χ2n) is 6.89. The Labute approximate surface area is 166 Å². The van der Waals surface area contributed by atoms with Crippen molar-refractivity contribution in [1.29, 1.82) is 0 Å². The van der Waals surface area contributed by atoms with Crippen LogP contribution >= 0.6 is 0 Å². The van der Waals surface area contributed by atoms with E-state index in [4.69, 9.17) is 4.52 Å². The molecule has 0 aliphatic carbocycles. The molecule has 146 valence electrons. The van der Waals surface area contributed by atoms with Gasteiger partial charge >= 0.3 is 0 Å². The first-order chi connectivity index (χ1) is 13.8. The van der Waals surface area contributed by atoms with E-state index in [1.54, 1.807) is 0 Å². The van der Waals surface area contributed by atoms with E-state index in [1.807, 2.05) is 36.4 Å². The Balaban J connectivity index is 1.51. The van der Waals surface area contributed by atoms with Gasteiger partial charge in [-0.05, 0) is 24.0 Å². The summed E-state index contributed by atoms with van der Waals surface area (Å²) in [5.41, 5.74) is 2.40. The van der Waals surface area contributed by atoms with E-state index in [0.29, 0.717) is 31.7 Å². The predicted octanol–water partition coefficient (Wildman–Crippen LogP) is 4.29. The summed E-state index contributed by atoms with van der Waals surface area (Å²) in [5, 5.41) is 7.03. The molecule has 3 aromatic rings. The molecule has 1 heterocycles. The fraction of sp³-hybridized carbons (Fsp3) is 0.348. The monoisotopic (exact) mass is 377 g/mol. The lowest BCUT2D eigenvalue weighted by Gasteiger charge is -2.19. The average Bonchev–Trinajstić information content (AvgIpc) is 3.17. The highest BCUT2D eigenvalue weighted by Gasteiger charge is 2.15. The summed E-state index contributed by atoms with van der Waals surface area (Å²) >= 11 is 0. The van der Waals surface area contributed by atoms with Crippen LogP contribution in [0.3, 0.4) is 0 Å². The number of benzene rings is 2. The number of amides is 1. The minimum atomic E-state index is 0.0464. The zero-order chi connectivity index (χ0) is 19.6. The van der Waals surface area contributed by atoms with Crippen LogP contribution in [0.25, 0.3) is 0 Å². The smallest absolute Gasteiger partial charge is 0.226 e. The van der Waals surface area contributed by atoms with Gasteiger partial charge in [-0.3, -0.25) is 4.79 Å². The summed E-state index contributed by atoms with van der Waals surface area (Å²) in [6.45, 7) is 2.66. The number of aryl methyl sites for hydroxylation is 2. The van der Waals surface area contributed by atoms with Gasteiger partial charge in [0.15, 0.2) is 5.82 Å². The molecule has 0 spiro atoms. The molecule has 1 amide bonds. The lowest BCUT2D eigenvalue weighted by atomic mass is 9.91. The molecule has 0 saturated carbocycles. The van der Waals surface area contributed by atoms with Gasteiger partial charge in [0.25, 0.3) is 0 Å². The second-order valence-corrected chi connectivity index (χ2v) is 6.89. The molecule has 0 atom stereocenters. The SMILES string of the molecule is CCCc1noc(CCCC(=O)NCC(c2ccccc2)c2ccccc2)n1. The standard InChI is InChI=1S/C23H27N3O2/c1-2-10-21-25-23(28-26-21)16-9-15-22(27)24-17-20(18-11-5-3-6-12-18)19-13-7-4-8-14-19/h3-8,11-14,20H,2,9-10,15-17H2,1H3,(H,24,27). The minimum absolute atomic E-state index is 0.0464. The molecule has 0 aliphatic rings. The zero-order valence-corrected chi connectivity index (χ0v) is 16.3. The fourth-order valence-electron chi connectivity index (χ4n) is 3.22. The summed E-state index contributed by atoms with van der Waals surface area (Å²) in [7, 11) is 0. The van der Waals surface area contributed by atoms with Gasteiger partial charge in [0.1, 0.15) is 0 Å². The van der Waals surface area contributed by atoms with E-state index in [9.17, 15) is 4.79 Å². The zero-order valence-electron chi connectivity index (χ0n) is 16.3. The highest BCUT2D eigenvalue weighted by molar-refractivity contribution is 5.76. The van der Waals surface area contributed by atoms with E-state index in [1.165, 1.54) is 11.1 Å². The van der Waals surface area contributed by atoms with Crippen LogP contribution in [0.2, 0.25) is 0 Å². The normalized spacial score (nSPS) is 10.9. The number of carbonyl (C=O) groups excluding carboxylic acids is 1. The summed E-state index contributed by atoms with van der Waals surface area (Å²) < 4.78 is 5.22. The first-order valence-electron chi connectivity index (χ1n) is 9.94. The van der Waals surface area contributed by atoms with Crippen molar-refractivity contribution in [2.24, 2.45) is 0 Å². The van der Waals surface area contributed by atoms with E-state index in [2.05, 4.69) is 46.6 Å². The predicted molar refractivity (Wildman–Crippen MR) is 109 cm³/mol. The number of carbonyl (C=O) groups is 1. The number of aromatic nitrogens is 2. The van der Waals surface area contributed by atoms with E-state index < -0.39 is 0 Å². The van der Waals surface area contributed by atoms with Gasteiger partial charge < -0.3 is 9.84 Å². The van der Waals surface area contributed by atoms with Crippen LogP contribution in [0, 0.1) is 0 Å². The first-order valence-corrected chi connectivity index (χ1v) is 9.94. The molecule has 28 heavy (non-hydrogen) atoms. The van der Waals surface area contributed by atoms with Gasteiger partial charge in [0.05, 0.1) is 0 Å². The third-order valence-corrected chi connectivity index (χ3v) is 4.69. The molecule has 0 bridgehead atoms. The Morgan fingerprint density at radius 3 is 2.25 bits per heavy atom. The van der Waals surface area contributed by atoms with Crippen molar-refractivity contribution in [3.63, 3.8) is 0 Å². The van der Waals surface area contributed by atoms with Crippen LogP contribution in [0.1, 0.15) is 54.9 Å². The summed E-state index contributed by atoms with van der Waals surface area (Å²) in [5.74, 6) is 1.54. The average molecular weight is 377 g/mol. The Kier molecular flexibility index (Phi) is 7.36. The lowest BCUT2D eigenvalue weighted by molar-refractivity contribution is -0.121. The molecule has 1 aromatic heterocycles. The molecule has 3 rings (SSSR count). The van der Waals surface area contributed by atoms with E-state index >= 15 is 0 Å². The Bertz CT molecular complexity index is 807. The van der Waals surface area contributed by atoms with Gasteiger partial charge in [-0.15, -0.1) is 0 Å². The molecule has 0 radical (unpaired) electrons. The summed E-state index contributed by atoms with van der Waals surface area (Å²) in [4.78, 5) is 16.7. The van der Waals surface area contributed by atoms with Crippen molar-refractivity contribution in [1.82, 2.24) is 15.5 Å². The number of rotatable bonds is 10. The quantitative estimate of drug-likeness (QED) is 0.572. The molecule has 0 unspecified atom stereocenters. The largest absolute Gasteiger partial charge is 0.355 e. The van der Waals surface area contributed by atoms with Crippen LogP contribution in [-0.4, -0.2) is 22.6 Å². The van der Waals surface area contributed by atoms with Crippen LogP contribution < -0.4 is 5.32 Å². The highest BCUT2D eigenvalue weighted by Crippen LogP contribution is 2.23. The third kappa shape index (κ3) is 5.78. The van der Waals surface area contributed by atoms with Crippen LogP contribution in [0.4, 0.5) is 0 Å². The molecular formula is C23H27N3O2. The third-order valence-electron chi connectivity index (χ3n) is 4.69. The number of nitrogens with zero attached hydrogens (tertiary/aromatic N) is 2. The van der Waals surface area contributed by atoms with Gasteiger partial charge in [-0.1, -0.05) is 72.7 Å². The minimum Gasteiger partial charge on any atom is -0.355 e. The second kappa shape index (κ2) is 10.4. The van der Waals surface area contributed by atoms with E-state index in [0.717, 1.165) is 18.7 Å². The van der Waals surface area contributed by atoms with Crippen molar-refractivity contribution in [3.05, 3.63) is 83.5 Å². The maximum atomic E-state index is 12.3. The maximum absolute atomic E-state index is 12.3. The van der Waals surface area contributed by atoms with Crippen LogP contribution in [0.15, 0.2) is 65.2 Å². The first kappa shape index (κ1) is 19.8. The molecule has 5 heteroatoms. The van der Waals surface area contributed by atoms with Crippen molar-refractivity contribution in [3.8, 4) is 0 Å². The lowest BCUT2D eigenvalue weighted by Crippen LogP contribution is -2.28. The Morgan fingerprint density at radius 1 is 1.00 bits per heavy atom. The molecule has 2 aromatic carbocycles. The van der Waals surface area contributed by atoms with Crippen molar-refractivity contribution in [2.45, 2.75) is 44.9 Å². The summed E-state index contributed by atoms with van der Waals surface area (Å²) in [6, 6.07) is 20.6. The van der Waals surface area contributed by atoms with Crippen molar-refractivity contribution in [2.75, 3.05) is 6.54 Å². The van der Waals surface area contributed by atoms with Crippen LogP contribution in [0.5, 0.6) is 0 Å². The van der Waals surface area contributed by atoms with Crippen LogP contribution in [-0.2, 0) is 17.6 Å². The highest BCUT2D eigenvalue weighted by atomic mass is 16.5. The molecule has 0 aliphatic heterocycles. The van der Waals surface area contributed by atoms with Gasteiger partial charge in [0, 0.05) is 31.7 Å².